The molecule has 1 aromatic carbocycles. The zero-order valence-corrected chi connectivity index (χ0v) is 26.9. The van der Waals surface area contributed by atoms with Crippen LogP contribution in [-0.4, -0.2) is 74.3 Å². The second kappa shape index (κ2) is 10.8. The topological polar surface area (TPSA) is 103 Å². The number of piperazine rings is 1. The maximum atomic E-state index is 16.6. The zero-order chi connectivity index (χ0) is 32.6. The van der Waals surface area contributed by atoms with Crippen LogP contribution in [0.5, 0.6) is 0 Å². The number of fused-ring (bicyclic) bond motifs is 6. The summed E-state index contributed by atoms with van der Waals surface area (Å²) in [6.45, 7) is 15.1. The van der Waals surface area contributed by atoms with Crippen molar-refractivity contribution < 1.29 is 9.18 Å². The quantitative estimate of drug-likeness (QED) is 0.274. The van der Waals surface area contributed by atoms with Gasteiger partial charge in [-0.15, -0.1) is 0 Å². The Bertz CT molecular complexity index is 2130. The number of carbonyl (C=O) groups is 1. The summed E-state index contributed by atoms with van der Waals surface area (Å²) in [6, 6.07) is 6.96. The molecule has 10 nitrogen and oxygen atoms in total. The lowest BCUT2D eigenvalue weighted by atomic mass is 9.97. The highest BCUT2D eigenvalue weighted by Gasteiger charge is 2.41. The fourth-order valence-electron chi connectivity index (χ4n) is 7.30. The van der Waals surface area contributed by atoms with Crippen molar-refractivity contribution in [1.29, 1.82) is 0 Å². The van der Waals surface area contributed by atoms with Crippen molar-refractivity contribution in [3.05, 3.63) is 82.3 Å². The van der Waals surface area contributed by atoms with Gasteiger partial charge in [-0.2, -0.15) is 5.10 Å². The number of aryl methyl sites for hydroxylation is 2. The standard InChI is InChI=1S/C35H37FN8O2/c1-8-27(45)42-17-22-16-41(7)33-32(43(22)15-21(42)6)23-13-25(36)30(28-19(4)9-10-26-24(28)14-38-40-26)39-34(23)44(35(33)46)31-20(5)11-12-37-29(31)18(2)3/h8-14,18,21-22H,1,15-17H2,2-7H3,(H,38,40). The van der Waals surface area contributed by atoms with Gasteiger partial charge in [0.05, 0.1) is 34.8 Å². The summed E-state index contributed by atoms with van der Waals surface area (Å²) >= 11 is 0. The summed E-state index contributed by atoms with van der Waals surface area (Å²) in [5.41, 5.74) is 5.85. The number of amides is 1. The highest BCUT2D eigenvalue weighted by atomic mass is 19.1. The molecule has 0 radical (unpaired) electrons. The predicted octanol–water partition coefficient (Wildman–Crippen LogP) is 5.24. The van der Waals surface area contributed by atoms with Crippen LogP contribution in [0.4, 0.5) is 15.8 Å². The number of carbonyl (C=O) groups excluding carboxylic acids is 1. The number of halogens is 1. The summed E-state index contributed by atoms with van der Waals surface area (Å²) in [4.78, 5) is 43.4. The third kappa shape index (κ3) is 4.32. The van der Waals surface area contributed by atoms with Crippen LogP contribution < -0.4 is 15.4 Å². The molecule has 1 fully saturated rings. The van der Waals surface area contributed by atoms with Crippen LogP contribution in [0.2, 0.25) is 0 Å². The Labute approximate surface area is 266 Å². The van der Waals surface area contributed by atoms with Gasteiger partial charge < -0.3 is 14.7 Å². The fourth-order valence-corrected chi connectivity index (χ4v) is 7.30. The van der Waals surface area contributed by atoms with Crippen molar-refractivity contribution in [2.24, 2.45) is 0 Å². The Morgan fingerprint density at radius 2 is 1.87 bits per heavy atom. The number of hydrogen-bond acceptors (Lipinski definition) is 7. The minimum atomic E-state index is -0.498. The molecule has 0 saturated carbocycles. The van der Waals surface area contributed by atoms with Crippen LogP contribution in [0, 0.1) is 19.7 Å². The molecule has 6 heterocycles. The summed E-state index contributed by atoms with van der Waals surface area (Å²) < 4.78 is 18.3. The first-order chi connectivity index (χ1) is 22.0. The molecule has 2 atom stereocenters. The first-order valence-corrected chi connectivity index (χ1v) is 15.6. The molecule has 0 bridgehead atoms. The lowest BCUT2D eigenvalue weighted by Crippen LogP contribution is -2.64. The lowest BCUT2D eigenvalue weighted by molar-refractivity contribution is -0.128. The van der Waals surface area contributed by atoms with Gasteiger partial charge in [0.1, 0.15) is 17.2 Å². The molecule has 2 unspecified atom stereocenters. The fraction of sp³-hybridized carbons (Fsp3) is 0.343. The number of anilines is 2. The van der Waals surface area contributed by atoms with Crippen molar-refractivity contribution in [3.63, 3.8) is 0 Å². The molecule has 0 spiro atoms. The number of rotatable bonds is 4. The second-order valence-corrected chi connectivity index (χ2v) is 12.9. The maximum Gasteiger partial charge on any atom is 0.282 e. The van der Waals surface area contributed by atoms with E-state index in [-0.39, 0.29) is 35.2 Å². The average Bonchev–Trinajstić information content (AvgIpc) is 3.50. The molecule has 1 N–H and O–H groups in total. The first-order valence-electron chi connectivity index (χ1n) is 15.6. The van der Waals surface area contributed by atoms with Crippen LogP contribution in [0.3, 0.4) is 0 Å². The van der Waals surface area contributed by atoms with Crippen LogP contribution in [0.25, 0.3) is 38.9 Å². The Kier molecular flexibility index (Phi) is 6.95. The van der Waals surface area contributed by atoms with Crippen LogP contribution in [0.1, 0.15) is 43.5 Å². The number of likely N-dealkylation sites (N-methyl/N-ethyl adjacent to an activating group) is 1. The highest BCUT2D eigenvalue weighted by molar-refractivity contribution is 6.02. The molecule has 7 rings (SSSR count). The Morgan fingerprint density at radius 1 is 1.09 bits per heavy atom. The van der Waals surface area contributed by atoms with Gasteiger partial charge in [0.2, 0.25) is 5.91 Å². The average molecular weight is 621 g/mol. The van der Waals surface area contributed by atoms with E-state index in [0.29, 0.717) is 53.3 Å². The van der Waals surface area contributed by atoms with Crippen LogP contribution in [-0.2, 0) is 4.79 Å². The SMILES string of the molecule is C=CC(=O)N1CC2CN(C)c3c(c4cc(F)c(-c5c(C)ccc6[nH]ncc56)nc4n(-c4c(C)ccnc4C(C)C)c3=O)N2CC1C. The molecule has 5 aromatic rings. The van der Waals surface area contributed by atoms with Crippen LogP contribution in [0.15, 0.2) is 54.1 Å². The minimum Gasteiger partial charge on any atom is -0.366 e. The smallest absolute Gasteiger partial charge is 0.282 e. The molecule has 11 heteroatoms. The third-order valence-corrected chi connectivity index (χ3v) is 9.50. The van der Waals surface area contributed by atoms with Crippen molar-refractivity contribution in [1.82, 2.24) is 29.6 Å². The number of pyridine rings is 3. The van der Waals surface area contributed by atoms with Crippen molar-refractivity contribution in [2.45, 2.75) is 52.6 Å². The molecule has 4 aromatic heterocycles. The predicted molar refractivity (Wildman–Crippen MR) is 180 cm³/mol. The van der Waals surface area contributed by atoms with Gasteiger partial charge in [0.25, 0.3) is 5.56 Å². The second-order valence-electron chi connectivity index (χ2n) is 12.9. The molecule has 0 aliphatic carbocycles. The number of hydrogen-bond donors (Lipinski definition) is 1. The minimum absolute atomic E-state index is 0.00755. The van der Waals surface area contributed by atoms with Gasteiger partial charge in [0.15, 0.2) is 5.65 Å². The summed E-state index contributed by atoms with van der Waals surface area (Å²) in [7, 11) is 1.88. The molecule has 1 saturated heterocycles. The summed E-state index contributed by atoms with van der Waals surface area (Å²) in [5.74, 6) is -0.620. The van der Waals surface area contributed by atoms with E-state index in [1.165, 1.54) is 12.1 Å². The molecular formula is C35H37FN8O2. The molecular weight excluding hydrogens is 583 g/mol. The van der Waals surface area contributed by atoms with E-state index in [4.69, 9.17) is 9.97 Å². The van der Waals surface area contributed by atoms with Crippen molar-refractivity contribution >= 4 is 39.2 Å². The molecule has 236 valence electrons. The van der Waals surface area contributed by atoms with Gasteiger partial charge in [-0.05, 0) is 62.1 Å². The van der Waals surface area contributed by atoms with E-state index in [2.05, 4.69) is 21.7 Å². The van der Waals surface area contributed by atoms with E-state index in [1.807, 2.05) is 69.7 Å². The van der Waals surface area contributed by atoms with Gasteiger partial charge in [0, 0.05) is 55.3 Å². The largest absolute Gasteiger partial charge is 0.366 e. The van der Waals surface area contributed by atoms with Crippen molar-refractivity contribution in [3.8, 4) is 16.9 Å². The normalized spacial score (nSPS) is 18.0. The third-order valence-electron chi connectivity index (χ3n) is 9.50. The molecule has 1 amide bonds. The number of nitrogens with zero attached hydrogens (tertiary/aromatic N) is 7. The van der Waals surface area contributed by atoms with Crippen LogP contribution >= 0.6 is 0 Å². The number of aromatic amines is 1. The monoisotopic (exact) mass is 620 g/mol. The van der Waals surface area contributed by atoms with E-state index in [1.54, 1.807) is 17.0 Å². The first kappa shape index (κ1) is 29.6. The van der Waals surface area contributed by atoms with E-state index in [0.717, 1.165) is 27.7 Å². The van der Waals surface area contributed by atoms with Crippen molar-refractivity contribution in [2.75, 3.05) is 36.5 Å². The zero-order valence-electron chi connectivity index (χ0n) is 26.9. The van der Waals surface area contributed by atoms with E-state index < -0.39 is 5.82 Å². The van der Waals surface area contributed by atoms with E-state index in [9.17, 15) is 9.59 Å². The van der Waals surface area contributed by atoms with Gasteiger partial charge in [-0.3, -0.25) is 24.2 Å². The summed E-state index contributed by atoms with van der Waals surface area (Å²) in [6.07, 6.45) is 4.77. The molecule has 46 heavy (non-hydrogen) atoms. The molecule has 2 aliphatic heterocycles. The van der Waals surface area contributed by atoms with Gasteiger partial charge in [-0.25, -0.2) is 9.37 Å². The number of H-pyrrole nitrogens is 1. The maximum absolute atomic E-state index is 16.6. The summed E-state index contributed by atoms with van der Waals surface area (Å²) in [5, 5.41) is 8.45. The van der Waals surface area contributed by atoms with Gasteiger partial charge in [-0.1, -0.05) is 26.5 Å². The Balaban J connectivity index is 1.59. The Hall–Kier alpha value is -5.06. The van der Waals surface area contributed by atoms with Gasteiger partial charge >= 0.3 is 0 Å². The van der Waals surface area contributed by atoms with E-state index >= 15 is 4.39 Å². The molecule has 2 aliphatic rings. The number of nitrogens with one attached hydrogen (secondary N) is 1. The highest BCUT2D eigenvalue weighted by Crippen LogP contribution is 2.43. The Morgan fingerprint density at radius 3 is 2.61 bits per heavy atom. The lowest BCUT2D eigenvalue weighted by Gasteiger charge is -2.51. The number of benzene rings is 1. The number of aromatic nitrogens is 5.